The minimum Gasteiger partial charge on any atom is -0.348 e. The highest BCUT2D eigenvalue weighted by Crippen LogP contribution is 2.20. The van der Waals surface area contributed by atoms with Gasteiger partial charge in [-0.3, -0.25) is 4.79 Å². The largest absolute Gasteiger partial charge is 0.348 e. The van der Waals surface area contributed by atoms with Crippen molar-refractivity contribution in [1.82, 2.24) is 14.8 Å². The number of nitrogens with zero attached hydrogens (tertiary/aromatic N) is 2. The lowest BCUT2D eigenvalue weighted by Gasteiger charge is -2.34. The first-order valence-electron chi connectivity index (χ1n) is 8.73. The second kappa shape index (κ2) is 6.75. The second-order valence-corrected chi connectivity index (χ2v) is 6.71. The van der Waals surface area contributed by atoms with Crippen molar-refractivity contribution in [3.8, 4) is 0 Å². The van der Waals surface area contributed by atoms with E-state index in [0.29, 0.717) is 12.1 Å². The Morgan fingerprint density at radius 2 is 1.96 bits per heavy atom. The number of rotatable bonds is 4. The van der Waals surface area contributed by atoms with Crippen molar-refractivity contribution in [3.05, 3.63) is 36.0 Å². The number of likely N-dealkylation sites (tertiary alicyclic amines) is 1. The molecule has 4 heteroatoms. The van der Waals surface area contributed by atoms with Gasteiger partial charge < -0.3 is 14.8 Å². The van der Waals surface area contributed by atoms with Crippen molar-refractivity contribution < 1.29 is 4.79 Å². The number of aryl methyl sites for hydroxylation is 1. The first kappa shape index (κ1) is 16.1. The standard InChI is InChI=1S/C19H27N3O/c1-4-22-17-8-6-5-7-15(17)13-18(22)19(23)20-16-9-11-21(12-10-16)14(2)3/h5-8,13-14,16H,4,9-12H2,1-3H3,(H,20,23). The minimum atomic E-state index is 0.0612. The van der Waals surface area contributed by atoms with Crippen LogP contribution in [-0.2, 0) is 6.54 Å². The van der Waals surface area contributed by atoms with E-state index < -0.39 is 0 Å². The zero-order chi connectivity index (χ0) is 16.4. The molecule has 1 aliphatic heterocycles. The van der Waals surface area contributed by atoms with E-state index in [9.17, 15) is 4.79 Å². The number of fused-ring (bicyclic) bond motifs is 1. The highest BCUT2D eigenvalue weighted by atomic mass is 16.2. The van der Waals surface area contributed by atoms with E-state index in [1.54, 1.807) is 0 Å². The molecule has 1 amide bonds. The number of hydrogen-bond acceptors (Lipinski definition) is 2. The van der Waals surface area contributed by atoms with Crippen molar-refractivity contribution in [1.29, 1.82) is 0 Å². The molecule has 3 rings (SSSR count). The average molecular weight is 313 g/mol. The maximum Gasteiger partial charge on any atom is 0.268 e. The molecule has 1 fully saturated rings. The van der Waals surface area contributed by atoms with Crippen molar-refractivity contribution in [2.75, 3.05) is 13.1 Å². The second-order valence-electron chi connectivity index (χ2n) is 6.71. The molecule has 1 N–H and O–H groups in total. The smallest absolute Gasteiger partial charge is 0.268 e. The lowest BCUT2D eigenvalue weighted by atomic mass is 10.0. The number of nitrogens with one attached hydrogen (secondary N) is 1. The third-order valence-corrected chi connectivity index (χ3v) is 4.95. The van der Waals surface area contributed by atoms with Gasteiger partial charge in [0.2, 0.25) is 0 Å². The number of aromatic nitrogens is 1. The van der Waals surface area contributed by atoms with Crippen LogP contribution in [0, 0.1) is 0 Å². The monoisotopic (exact) mass is 313 g/mol. The normalized spacial score (nSPS) is 17.0. The fourth-order valence-corrected chi connectivity index (χ4v) is 3.56. The van der Waals surface area contributed by atoms with Gasteiger partial charge in [-0.15, -0.1) is 0 Å². The average Bonchev–Trinajstić information content (AvgIpc) is 2.94. The molecule has 0 aliphatic carbocycles. The van der Waals surface area contributed by atoms with E-state index in [0.717, 1.165) is 49.1 Å². The maximum atomic E-state index is 12.7. The number of benzene rings is 1. The van der Waals surface area contributed by atoms with Gasteiger partial charge in [-0.1, -0.05) is 18.2 Å². The van der Waals surface area contributed by atoms with Crippen molar-refractivity contribution in [3.63, 3.8) is 0 Å². The summed E-state index contributed by atoms with van der Waals surface area (Å²) in [5.41, 5.74) is 1.91. The van der Waals surface area contributed by atoms with E-state index in [-0.39, 0.29) is 5.91 Å². The lowest BCUT2D eigenvalue weighted by Crippen LogP contribution is -2.46. The Morgan fingerprint density at radius 1 is 1.26 bits per heavy atom. The summed E-state index contributed by atoms with van der Waals surface area (Å²) >= 11 is 0. The summed E-state index contributed by atoms with van der Waals surface area (Å²) in [6.07, 6.45) is 2.08. The molecular weight excluding hydrogens is 286 g/mol. The molecule has 0 radical (unpaired) electrons. The Morgan fingerprint density at radius 3 is 2.61 bits per heavy atom. The minimum absolute atomic E-state index is 0.0612. The number of hydrogen-bond donors (Lipinski definition) is 1. The molecular formula is C19H27N3O. The van der Waals surface area contributed by atoms with Crippen LogP contribution in [0.3, 0.4) is 0 Å². The highest BCUT2D eigenvalue weighted by Gasteiger charge is 2.23. The number of carbonyl (C=O) groups excluding carboxylic acids is 1. The zero-order valence-electron chi connectivity index (χ0n) is 14.4. The number of carbonyl (C=O) groups is 1. The molecule has 0 saturated carbocycles. The number of piperidine rings is 1. The van der Waals surface area contributed by atoms with Gasteiger partial charge in [0.1, 0.15) is 5.69 Å². The topological polar surface area (TPSA) is 37.3 Å². The summed E-state index contributed by atoms with van der Waals surface area (Å²) < 4.78 is 2.11. The van der Waals surface area contributed by atoms with Crippen LogP contribution in [0.1, 0.15) is 44.1 Å². The fourth-order valence-electron chi connectivity index (χ4n) is 3.56. The highest BCUT2D eigenvalue weighted by molar-refractivity contribution is 5.98. The maximum absolute atomic E-state index is 12.7. The molecule has 2 heterocycles. The molecule has 0 atom stereocenters. The van der Waals surface area contributed by atoms with Gasteiger partial charge in [-0.2, -0.15) is 0 Å². The van der Waals surface area contributed by atoms with Crippen molar-refractivity contribution in [2.45, 2.75) is 52.2 Å². The molecule has 23 heavy (non-hydrogen) atoms. The van der Waals surface area contributed by atoms with E-state index in [2.05, 4.69) is 47.7 Å². The zero-order valence-corrected chi connectivity index (χ0v) is 14.4. The summed E-state index contributed by atoms with van der Waals surface area (Å²) in [5, 5.41) is 4.38. The first-order chi connectivity index (χ1) is 11.1. The predicted octanol–water partition coefficient (Wildman–Crippen LogP) is 3.26. The molecule has 1 aromatic carbocycles. The molecule has 4 nitrogen and oxygen atoms in total. The number of para-hydroxylation sites is 1. The van der Waals surface area contributed by atoms with Gasteiger partial charge in [0.05, 0.1) is 0 Å². The van der Waals surface area contributed by atoms with Gasteiger partial charge in [-0.25, -0.2) is 0 Å². The van der Waals surface area contributed by atoms with Crippen LogP contribution in [0.5, 0.6) is 0 Å². The van der Waals surface area contributed by atoms with Crippen LogP contribution in [0.25, 0.3) is 10.9 Å². The Kier molecular flexibility index (Phi) is 4.71. The fraction of sp³-hybridized carbons (Fsp3) is 0.526. The van der Waals surface area contributed by atoms with E-state index in [4.69, 9.17) is 0 Å². The SMILES string of the molecule is CCn1c(C(=O)NC2CCN(C(C)C)CC2)cc2ccccc21. The first-order valence-corrected chi connectivity index (χ1v) is 8.73. The van der Waals surface area contributed by atoms with Gasteiger partial charge in [0, 0.05) is 42.6 Å². The van der Waals surface area contributed by atoms with Crippen LogP contribution in [0.4, 0.5) is 0 Å². The van der Waals surface area contributed by atoms with Gasteiger partial charge in [0.25, 0.3) is 5.91 Å². The summed E-state index contributed by atoms with van der Waals surface area (Å²) in [6, 6.07) is 11.1. The van der Waals surface area contributed by atoms with E-state index in [1.807, 2.05) is 18.2 Å². The van der Waals surface area contributed by atoms with Crippen LogP contribution >= 0.6 is 0 Å². The Balaban J connectivity index is 1.72. The van der Waals surface area contributed by atoms with Crippen molar-refractivity contribution in [2.24, 2.45) is 0 Å². The molecule has 124 valence electrons. The Hall–Kier alpha value is -1.81. The van der Waals surface area contributed by atoms with E-state index >= 15 is 0 Å². The van der Waals surface area contributed by atoms with Crippen LogP contribution in [0.15, 0.2) is 30.3 Å². The van der Waals surface area contributed by atoms with Gasteiger partial charge in [0.15, 0.2) is 0 Å². The van der Waals surface area contributed by atoms with E-state index in [1.165, 1.54) is 0 Å². The molecule has 1 aliphatic rings. The molecule has 0 unspecified atom stereocenters. The Bertz CT molecular complexity index is 681. The Labute approximate surface area is 138 Å². The van der Waals surface area contributed by atoms with Crippen LogP contribution < -0.4 is 5.32 Å². The third kappa shape index (κ3) is 3.27. The summed E-state index contributed by atoms with van der Waals surface area (Å²) in [4.78, 5) is 15.2. The van der Waals surface area contributed by atoms with Gasteiger partial charge >= 0.3 is 0 Å². The molecule has 1 saturated heterocycles. The van der Waals surface area contributed by atoms with Gasteiger partial charge in [-0.05, 0) is 45.7 Å². The molecule has 0 bridgehead atoms. The number of amides is 1. The van der Waals surface area contributed by atoms with Crippen molar-refractivity contribution >= 4 is 16.8 Å². The quantitative estimate of drug-likeness (QED) is 0.940. The summed E-state index contributed by atoms with van der Waals surface area (Å²) in [5.74, 6) is 0.0612. The van der Waals surface area contributed by atoms with Crippen LogP contribution in [-0.4, -0.2) is 40.5 Å². The lowest BCUT2D eigenvalue weighted by molar-refractivity contribution is 0.0892. The molecule has 2 aromatic rings. The van der Waals surface area contributed by atoms with Crippen LogP contribution in [0.2, 0.25) is 0 Å². The third-order valence-electron chi connectivity index (χ3n) is 4.95. The summed E-state index contributed by atoms with van der Waals surface area (Å²) in [6.45, 7) is 9.50. The summed E-state index contributed by atoms with van der Waals surface area (Å²) in [7, 11) is 0. The molecule has 0 spiro atoms. The predicted molar refractivity (Wildman–Crippen MR) is 94.8 cm³/mol. The molecule has 1 aromatic heterocycles.